The minimum Gasteiger partial charge on any atom is -0.507 e. The van der Waals surface area contributed by atoms with Crippen LogP contribution < -0.4 is 4.74 Å². The fourth-order valence-corrected chi connectivity index (χ4v) is 1.94. The molecular weight excluding hydrogens is 302 g/mol. The molecule has 7 nitrogen and oxygen atoms in total. The zero-order chi connectivity index (χ0) is 17.0. The second kappa shape index (κ2) is 6.69. The lowest BCUT2D eigenvalue weighted by Gasteiger charge is -2.09. The highest BCUT2D eigenvalue weighted by molar-refractivity contribution is 6.09. The first kappa shape index (κ1) is 16.2. The number of benzene rings is 2. The number of nitro groups is 1. The number of nitrogens with zero attached hydrogens (tertiary/aromatic N) is 1. The molecule has 0 amide bonds. The molecule has 0 bridgehead atoms. The standard InChI is InChI=1S/C16H13NO6/c1-10(18)7-14(19)12-8-13(17(21)22)16(9-15(12)20)23-11-5-3-2-4-6-11/h2-6,8-9,20H,7H2,1H3. The number of para-hydroxylation sites is 1. The predicted molar refractivity (Wildman–Crippen MR) is 80.9 cm³/mol. The van der Waals surface area contributed by atoms with Crippen LogP contribution in [0.4, 0.5) is 5.69 Å². The Morgan fingerprint density at radius 3 is 2.43 bits per heavy atom. The second-order valence-electron chi connectivity index (χ2n) is 4.81. The van der Waals surface area contributed by atoms with Crippen molar-refractivity contribution in [3.05, 3.63) is 58.1 Å². The monoisotopic (exact) mass is 315 g/mol. The molecule has 0 fully saturated rings. The van der Waals surface area contributed by atoms with E-state index in [1.807, 2.05) is 0 Å². The molecule has 2 aromatic rings. The normalized spacial score (nSPS) is 10.1. The lowest BCUT2D eigenvalue weighted by atomic mass is 10.0. The van der Waals surface area contributed by atoms with Crippen LogP contribution in [0.25, 0.3) is 0 Å². The van der Waals surface area contributed by atoms with Crippen LogP contribution in [-0.4, -0.2) is 21.6 Å². The Kier molecular flexibility index (Phi) is 4.70. The van der Waals surface area contributed by atoms with Crippen molar-refractivity contribution in [2.24, 2.45) is 0 Å². The predicted octanol–water partition coefficient (Wildman–Crippen LogP) is 3.25. The van der Waals surface area contributed by atoms with Gasteiger partial charge in [-0.25, -0.2) is 0 Å². The largest absolute Gasteiger partial charge is 0.507 e. The maximum absolute atomic E-state index is 11.9. The van der Waals surface area contributed by atoms with E-state index in [9.17, 15) is 24.8 Å². The van der Waals surface area contributed by atoms with E-state index < -0.39 is 34.3 Å². The number of phenols is 1. The van der Waals surface area contributed by atoms with Crippen LogP contribution in [0.5, 0.6) is 17.2 Å². The van der Waals surface area contributed by atoms with Gasteiger partial charge in [0.2, 0.25) is 5.75 Å². The fourth-order valence-electron chi connectivity index (χ4n) is 1.94. The van der Waals surface area contributed by atoms with E-state index in [4.69, 9.17) is 4.74 Å². The molecule has 23 heavy (non-hydrogen) atoms. The van der Waals surface area contributed by atoms with Gasteiger partial charge in [0.1, 0.15) is 17.3 Å². The summed E-state index contributed by atoms with van der Waals surface area (Å²) in [5.74, 6) is -1.42. The molecular formula is C16H13NO6. The summed E-state index contributed by atoms with van der Waals surface area (Å²) in [5.41, 5.74) is -0.758. The highest BCUT2D eigenvalue weighted by Gasteiger charge is 2.23. The third-order valence-corrected chi connectivity index (χ3v) is 2.95. The Morgan fingerprint density at radius 1 is 1.22 bits per heavy atom. The van der Waals surface area contributed by atoms with Crippen molar-refractivity contribution in [1.82, 2.24) is 0 Å². The molecule has 0 atom stereocenters. The smallest absolute Gasteiger partial charge is 0.312 e. The molecule has 0 saturated heterocycles. The van der Waals surface area contributed by atoms with E-state index in [0.29, 0.717) is 5.75 Å². The van der Waals surface area contributed by atoms with Crippen molar-refractivity contribution in [2.45, 2.75) is 13.3 Å². The molecule has 0 saturated carbocycles. The van der Waals surface area contributed by atoms with Gasteiger partial charge < -0.3 is 9.84 Å². The number of Topliss-reactive ketones (excluding diaryl/α,β-unsaturated/α-hetero) is 2. The molecule has 0 aliphatic heterocycles. The number of aromatic hydroxyl groups is 1. The van der Waals surface area contributed by atoms with Crippen molar-refractivity contribution in [3.63, 3.8) is 0 Å². The molecule has 1 N–H and O–H groups in total. The number of ether oxygens (including phenoxy) is 1. The quantitative estimate of drug-likeness (QED) is 0.379. The van der Waals surface area contributed by atoms with Crippen LogP contribution in [0, 0.1) is 10.1 Å². The number of hydrogen-bond acceptors (Lipinski definition) is 6. The topological polar surface area (TPSA) is 107 Å². The molecule has 7 heteroatoms. The van der Waals surface area contributed by atoms with Crippen molar-refractivity contribution >= 4 is 17.3 Å². The summed E-state index contributed by atoms with van der Waals surface area (Å²) in [7, 11) is 0. The van der Waals surface area contributed by atoms with Crippen LogP contribution in [-0.2, 0) is 4.79 Å². The molecule has 118 valence electrons. The molecule has 2 rings (SSSR count). The number of hydrogen-bond donors (Lipinski definition) is 1. The summed E-state index contributed by atoms with van der Waals surface area (Å²) in [5, 5.41) is 21.1. The van der Waals surface area contributed by atoms with E-state index in [1.165, 1.54) is 6.92 Å². The molecule has 0 radical (unpaired) electrons. The van der Waals surface area contributed by atoms with Gasteiger partial charge in [0, 0.05) is 12.1 Å². The number of carbonyl (C=O) groups excluding carboxylic acids is 2. The summed E-state index contributed by atoms with van der Waals surface area (Å²) < 4.78 is 5.39. The number of carbonyl (C=O) groups is 2. The molecule has 0 heterocycles. The second-order valence-corrected chi connectivity index (χ2v) is 4.81. The van der Waals surface area contributed by atoms with Crippen molar-refractivity contribution < 1.29 is 24.4 Å². The summed E-state index contributed by atoms with van der Waals surface area (Å²) in [6.45, 7) is 1.22. The van der Waals surface area contributed by atoms with Gasteiger partial charge in [0.15, 0.2) is 5.78 Å². The fraction of sp³-hybridized carbons (Fsp3) is 0.125. The van der Waals surface area contributed by atoms with Crippen LogP contribution >= 0.6 is 0 Å². The van der Waals surface area contributed by atoms with Gasteiger partial charge in [0.25, 0.3) is 0 Å². The first-order chi connectivity index (χ1) is 10.9. The van der Waals surface area contributed by atoms with Gasteiger partial charge in [-0.15, -0.1) is 0 Å². The van der Waals surface area contributed by atoms with Crippen LogP contribution in [0.3, 0.4) is 0 Å². The van der Waals surface area contributed by atoms with Crippen LogP contribution in [0.2, 0.25) is 0 Å². The minimum atomic E-state index is -0.720. The molecule has 0 aliphatic rings. The molecule has 0 aromatic heterocycles. The average Bonchev–Trinajstić information content (AvgIpc) is 2.47. The summed E-state index contributed by atoms with van der Waals surface area (Å²) >= 11 is 0. The van der Waals surface area contributed by atoms with Crippen molar-refractivity contribution in [1.29, 1.82) is 0 Å². The zero-order valence-corrected chi connectivity index (χ0v) is 12.2. The minimum absolute atomic E-state index is 0.196. The number of nitro benzene ring substituents is 1. The van der Waals surface area contributed by atoms with E-state index in [-0.39, 0.29) is 11.3 Å². The molecule has 0 aliphatic carbocycles. The van der Waals surface area contributed by atoms with Gasteiger partial charge in [-0.1, -0.05) is 18.2 Å². The number of phenolic OH excluding ortho intramolecular Hbond substituents is 1. The van der Waals surface area contributed by atoms with E-state index in [1.54, 1.807) is 30.3 Å². The Labute approximate surface area is 131 Å². The third-order valence-electron chi connectivity index (χ3n) is 2.95. The number of rotatable bonds is 6. The van der Waals surface area contributed by atoms with Gasteiger partial charge in [-0.05, 0) is 19.1 Å². The summed E-state index contributed by atoms with van der Waals surface area (Å²) in [6, 6.07) is 10.2. The highest BCUT2D eigenvalue weighted by atomic mass is 16.6. The molecule has 0 unspecified atom stereocenters. The van der Waals surface area contributed by atoms with Crippen molar-refractivity contribution in [3.8, 4) is 17.2 Å². The van der Waals surface area contributed by atoms with E-state index in [2.05, 4.69) is 0 Å². The molecule has 0 spiro atoms. The van der Waals surface area contributed by atoms with Gasteiger partial charge >= 0.3 is 5.69 Å². The Balaban J connectivity index is 2.44. The van der Waals surface area contributed by atoms with Gasteiger partial charge in [-0.2, -0.15) is 0 Å². The van der Waals surface area contributed by atoms with Crippen LogP contribution in [0.1, 0.15) is 23.7 Å². The Morgan fingerprint density at radius 2 is 1.87 bits per heavy atom. The first-order valence-electron chi connectivity index (χ1n) is 6.65. The molecule has 2 aromatic carbocycles. The highest BCUT2D eigenvalue weighted by Crippen LogP contribution is 2.37. The van der Waals surface area contributed by atoms with Crippen LogP contribution in [0.15, 0.2) is 42.5 Å². The maximum atomic E-state index is 11.9. The Hall–Kier alpha value is -3.22. The number of ketones is 2. The lowest BCUT2D eigenvalue weighted by Crippen LogP contribution is -2.06. The third kappa shape index (κ3) is 3.91. The van der Waals surface area contributed by atoms with Crippen molar-refractivity contribution in [2.75, 3.05) is 0 Å². The van der Waals surface area contributed by atoms with E-state index in [0.717, 1.165) is 12.1 Å². The summed E-state index contributed by atoms with van der Waals surface area (Å²) in [4.78, 5) is 33.3. The van der Waals surface area contributed by atoms with Gasteiger partial charge in [-0.3, -0.25) is 19.7 Å². The lowest BCUT2D eigenvalue weighted by molar-refractivity contribution is -0.385. The summed E-state index contributed by atoms with van der Waals surface area (Å²) in [6.07, 6.45) is -0.441. The van der Waals surface area contributed by atoms with E-state index >= 15 is 0 Å². The maximum Gasteiger partial charge on any atom is 0.312 e. The zero-order valence-electron chi connectivity index (χ0n) is 12.2. The van der Waals surface area contributed by atoms with Gasteiger partial charge in [0.05, 0.1) is 16.9 Å². The average molecular weight is 315 g/mol. The first-order valence-corrected chi connectivity index (χ1v) is 6.65. The SMILES string of the molecule is CC(=O)CC(=O)c1cc([N+](=O)[O-])c(Oc2ccccc2)cc1O. The Bertz CT molecular complexity index is 770.